The van der Waals surface area contributed by atoms with Crippen LogP contribution in [-0.2, 0) is 6.61 Å². The topological polar surface area (TPSA) is 59.9 Å². The Kier molecular flexibility index (Phi) is 7.22. The van der Waals surface area contributed by atoms with Gasteiger partial charge in [0.05, 0.1) is 22.2 Å². The van der Waals surface area contributed by atoms with Gasteiger partial charge in [0, 0.05) is 0 Å². The van der Waals surface area contributed by atoms with Crippen LogP contribution < -0.4 is 14.9 Å². The zero-order valence-electron chi connectivity index (χ0n) is 15.2. The van der Waals surface area contributed by atoms with Crippen molar-refractivity contribution in [3.8, 4) is 11.5 Å². The Hall–Kier alpha value is -2.64. The Morgan fingerprint density at radius 1 is 1.18 bits per heavy atom. The fourth-order valence-corrected chi connectivity index (χ4v) is 3.61. The highest BCUT2D eigenvalue weighted by Crippen LogP contribution is 2.37. The van der Waals surface area contributed by atoms with Crippen LogP contribution in [0.5, 0.6) is 11.5 Å². The van der Waals surface area contributed by atoms with Crippen LogP contribution in [0.4, 0.5) is 0 Å². The average molecular weight is 459 g/mol. The monoisotopic (exact) mass is 458 g/mol. The van der Waals surface area contributed by atoms with Gasteiger partial charge in [-0.2, -0.15) is 5.10 Å². The minimum Gasteiger partial charge on any atom is -0.490 e. The summed E-state index contributed by atoms with van der Waals surface area (Å²) in [5.74, 6) is 1.00. The number of hydrogen-bond acceptors (Lipinski definition) is 5. The molecule has 3 aromatic rings. The second kappa shape index (κ2) is 10.1. The number of thiophene rings is 1. The number of halogens is 1. The molecule has 2 aromatic carbocycles. The number of carbonyl (C=O) groups excluding carboxylic acids is 1. The number of rotatable bonds is 8. The van der Waals surface area contributed by atoms with Crippen LogP contribution in [0.25, 0.3) is 0 Å². The highest BCUT2D eigenvalue weighted by Gasteiger charge is 2.12. The number of nitrogens with zero attached hydrogens (tertiary/aromatic N) is 1. The smallest absolute Gasteiger partial charge is 0.281 e. The SMILES string of the molecule is CCOc1cc(/C=N\NC(=O)c2cccs2)cc(Br)c1OCc1ccccc1. The average Bonchev–Trinajstić information content (AvgIpc) is 3.23. The van der Waals surface area contributed by atoms with Crippen molar-refractivity contribution >= 4 is 39.4 Å². The standard InChI is InChI=1S/C21H19BrN2O3S/c1-2-26-18-12-16(13-23-24-21(25)19-9-6-10-28-19)11-17(22)20(18)27-14-15-7-4-3-5-8-15/h3-13H,2,14H2,1H3,(H,24,25)/b23-13-. The zero-order valence-corrected chi connectivity index (χ0v) is 17.6. The van der Waals surface area contributed by atoms with E-state index in [1.165, 1.54) is 11.3 Å². The Morgan fingerprint density at radius 2 is 2.00 bits per heavy atom. The van der Waals surface area contributed by atoms with Gasteiger partial charge in [0.15, 0.2) is 11.5 Å². The van der Waals surface area contributed by atoms with E-state index in [0.29, 0.717) is 29.6 Å². The largest absolute Gasteiger partial charge is 0.490 e. The molecular weight excluding hydrogens is 440 g/mol. The van der Waals surface area contributed by atoms with Crippen LogP contribution in [0.2, 0.25) is 0 Å². The molecule has 7 heteroatoms. The maximum atomic E-state index is 11.9. The lowest BCUT2D eigenvalue weighted by molar-refractivity contribution is 0.0959. The maximum absolute atomic E-state index is 11.9. The van der Waals surface area contributed by atoms with Crippen LogP contribution in [0.1, 0.15) is 27.7 Å². The number of carbonyl (C=O) groups is 1. The summed E-state index contributed by atoms with van der Waals surface area (Å²) in [6.45, 7) is 2.85. The molecular formula is C21H19BrN2O3S. The molecule has 1 N–H and O–H groups in total. The van der Waals surface area contributed by atoms with Crippen LogP contribution in [-0.4, -0.2) is 18.7 Å². The first-order valence-electron chi connectivity index (χ1n) is 8.67. The predicted molar refractivity (Wildman–Crippen MR) is 115 cm³/mol. The lowest BCUT2D eigenvalue weighted by Crippen LogP contribution is -2.16. The van der Waals surface area contributed by atoms with Gasteiger partial charge in [0.2, 0.25) is 0 Å². The number of amides is 1. The van der Waals surface area contributed by atoms with Gasteiger partial charge in [-0.15, -0.1) is 11.3 Å². The minimum absolute atomic E-state index is 0.238. The van der Waals surface area contributed by atoms with E-state index in [9.17, 15) is 4.79 Å². The molecule has 0 aliphatic carbocycles. The first kappa shape index (κ1) is 20.1. The molecule has 3 rings (SSSR count). The summed E-state index contributed by atoms with van der Waals surface area (Å²) in [5.41, 5.74) is 4.36. The summed E-state index contributed by atoms with van der Waals surface area (Å²) in [4.78, 5) is 12.5. The van der Waals surface area contributed by atoms with E-state index in [0.717, 1.165) is 15.6 Å². The molecule has 0 radical (unpaired) electrons. The van der Waals surface area contributed by atoms with Crippen molar-refractivity contribution in [2.45, 2.75) is 13.5 Å². The Bertz CT molecular complexity index is 944. The third-order valence-corrected chi connectivity index (χ3v) is 5.14. The molecule has 0 aliphatic heterocycles. The molecule has 28 heavy (non-hydrogen) atoms. The van der Waals surface area contributed by atoms with Gasteiger partial charge in [-0.1, -0.05) is 36.4 Å². The Balaban J connectivity index is 1.72. The van der Waals surface area contributed by atoms with Crippen molar-refractivity contribution in [2.24, 2.45) is 5.10 Å². The van der Waals surface area contributed by atoms with Crippen molar-refractivity contribution in [1.82, 2.24) is 5.43 Å². The first-order chi connectivity index (χ1) is 13.7. The molecule has 1 amide bonds. The molecule has 0 spiro atoms. The third kappa shape index (κ3) is 5.43. The molecule has 1 heterocycles. The van der Waals surface area contributed by atoms with Gasteiger partial charge in [-0.3, -0.25) is 4.79 Å². The van der Waals surface area contributed by atoms with E-state index >= 15 is 0 Å². The first-order valence-corrected chi connectivity index (χ1v) is 10.3. The van der Waals surface area contributed by atoms with Gasteiger partial charge in [0.25, 0.3) is 5.91 Å². The van der Waals surface area contributed by atoms with Crippen molar-refractivity contribution in [3.05, 3.63) is 80.5 Å². The summed E-state index contributed by atoms with van der Waals surface area (Å²) >= 11 is 4.91. The van der Waals surface area contributed by atoms with Gasteiger partial charge in [-0.25, -0.2) is 5.43 Å². The summed E-state index contributed by atoms with van der Waals surface area (Å²) < 4.78 is 12.4. The lowest BCUT2D eigenvalue weighted by atomic mass is 10.2. The van der Waals surface area contributed by atoms with E-state index in [2.05, 4.69) is 26.5 Å². The fraction of sp³-hybridized carbons (Fsp3) is 0.143. The predicted octanol–water partition coefficient (Wildman–Crippen LogP) is 5.25. The van der Waals surface area contributed by atoms with E-state index in [1.54, 1.807) is 12.3 Å². The fourth-order valence-electron chi connectivity index (χ4n) is 2.42. The molecule has 0 bridgehead atoms. The highest BCUT2D eigenvalue weighted by atomic mass is 79.9. The summed E-state index contributed by atoms with van der Waals surface area (Å²) in [7, 11) is 0. The minimum atomic E-state index is -0.238. The number of nitrogens with one attached hydrogen (secondary N) is 1. The van der Waals surface area contributed by atoms with Crippen LogP contribution in [0.15, 0.2) is 69.6 Å². The van der Waals surface area contributed by atoms with Gasteiger partial charge in [-0.05, 0) is 57.6 Å². The molecule has 0 fully saturated rings. The van der Waals surface area contributed by atoms with Crippen LogP contribution in [0.3, 0.4) is 0 Å². The van der Waals surface area contributed by atoms with E-state index in [1.807, 2.05) is 60.8 Å². The maximum Gasteiger partial charge on any atom is 0.281 e. The summed E-state index contributed by atoms with van der Waals surface area (Å²) in [6.07, 6.45) is 1.57. The summed E-state index contributed by atoms with van der Waals surface area (Å²) in [6, 6.07) is 17.2. The molecule has 1 aromatic heterocycles. The summed E-state index contributed by atoms with van der Waals surface area (Å²) in [5, 5.41) is 5.87. The Morgan fingerprint density at radius 3 is 2.71 bits per heavy atom. The van der Waals surface area contributed by atoms with Gasteiger partial charge < -0.3 is 9.47 Å². The quantitative estimate of drug-likeness (QED) is 0.370. The Labute approximate surface area is 176 Å². The van der Waals surface area contributed by atoms with Crippen molar-refractivity contribution in [2.75, 3.05) is 6.61 Å². The number of hydrazone groups is 1. The van der Waals surface area contributed by atoms with Gasteiger partial charge in [0.1, 0.15) is 6.61 Å². The van der Waals surface area contributed by atoms with Crippen molar-refractivity contribution in [3.63, 3.8) is 0 Å². The molecule has 144 valence electrons. The van der Waals surface area contributed by atoms with Crippen LogP contribution >= 0.6 is 27.3 Å². The second-order valence-electron chi connectivity index (χ2n) is 5.71. The lowest BCUT2D eigenvalue weighted by Gasteiger charge is -2.14. The van der Waals surface area contributed by atoms with E-state index < -0.39 is 0 Å². The van der Waals surface area contributed by atoms with E-state index in [-0.39, 0.29) is 5.91 Å². The molecule has 0 unspecified atom stereocenters. The highest BCUT2D eigenvalue weighted by molar-refractivity contribution is 9.10. The third-order valence-electron chi connectivity index (χ3n) is 3.68. The normalized spacial score (nSPS) is 10.8. The molecule has 0 aliphatic rings. The van der Waals surface area contributed by atoms with Crippen LogP contribution in [0, 0.1) is 0 Å². The molecule has 0 saturated carbocycles. The zero-order chi connectivity index (χ0) is 19.8. The molecule has 5 nitrogen and oxygen atoms in total. The number of benzene rings is 2. The molecule has 0 atom stereocenters. The van der Waals surface area contributed by atoms with Crippen molar-refractivity contribution < 1.29 is 14.3 Å². The number of hydrogen-bond donors (Lipinski definition) is 1. The molecule has 0 saturated heterocycles. The number of ether oxygens (including phenoxy) is 2. The van der Waals surface area contributed by atoms with Gasteiger partial charge >= 0.3 is 0 Å². The van der Waals surface area contributed by atoms with Crippen molar-refractivity contribution in [1.29, 1.82) is 0 Å². The second-order valence-corrected chi connectivity index (χ2v) is 7.52. The van der Waals surface area contributed by atoms with E-state index in [4.69, 9.17) is 9.47 Å².